The standard InChI is InChI=1S/C10H21N3O/c1-7(2)9(12)10(14)13-5-3-4-8(11)6-13/h7-9H,3-6,11-12H2,1-2H3/t8?,9-/m0/s1. The lowest BCUT2D eigenvalue weighted by Crippen LogP contribution is -2.52. The SMILES string of the molecule is CC(C)[C@H](N)C(=O)N1CCCC(N)C1. The van der Waals surface area contributed by atoms with Crippen molar-refractivity contribution < 1.29 is 4.79 Å². The topological polar surface area (TPSA) is 72.4 Å². The predicted octanol–water partition coefficient (Wildman–Crippen LogP) is -0.0806. The number of likely N-dealkylation sites (tertiary alicyclic amines) is 1. The van der Waals surface area contributed by atoms with E-state index in [0.29, 0.717) is 6.54 Å². The van der Waals surface area contributed by atoms with Crippen LogP contribution in [0.2, 0.25) is 0 Å². The molecular formula is C10H21N3O. The summed E-state index contributed by atoms with van der Waals surface area (Å²) in [5.74, 6) is 0.246. The Bertz CT molecular complexity index is 206. The highest BCUT2D eigenvalue weighted by molar-refractivity contribution is 5.82. The van der Waals surface area contributed by atoms with Crippen LogP contribution in [0.3, 0.4) is 0 Å². The van der Waals surface area contributed by atoms with E-state index in [4.69, 9.17) is 11.5 Å². The molecule has 1 saturated heterocycles. The first kappa shape index (κ1) is 11.5. The van der Waals surface area contributed by atoms with Gasteiger partial charge in [0.25, 0.3) is 0 Å². The van der Waals surface area contributed by atoms with E-state index in [1.807, 2.05) is 13.8 Å². The van der Waals surface area contributed by atoms with Gasteiger partial charge in [-0.25, -0.2) is 0 Å². The third kappa shape index (κ3) is 2.69. The van der Waals surface area contributed by atoms with Crippen LogP contribution in [0.1, 0.15) is 26.7 Å². The Morgan fingerprint density at radius 3 is 2.64 bits per heavy atom. The molecule has 0 aromatic heterocycles. The highest BCUT2D eigenvalue weighted by Gasteiger charge is 2.26. The molecule has 0 bridgehead atoms. The number of nitrogens with zero attached hydrogens (tertiary/aromatic N) is 1. The molecule has 4 nitrogen and oxygen atoms in total. The lowest BCUT2D eigenvalue weighted by molar-refractivity contribution is -0.134. The predicted molar refractivity (Wildman–Crippen MR) is 56.6 cm³/mol. The minimum Gasteiger partial charge on any atom is -0.340 e. The number of hydrogen-bond acceptors (Lipinski definition) is 3. The molecule has 0 radical (unpaired) electrons. The van der Waals surface area contributed by atoms with E-state index in [0.717, 1.165) is 19.4 Å². The Balaban J connectivity index is 2.51. The fourth-order valence-corrected chi connectivity index (χ4v) is 1.71. The molecule has 1 aliphatic heterocycles. The van der Waals surface area contributed by atoms with Crippen molar-refractivity contribution in [2.75, 3.05) is 13.1 Å². The zero-order valence-corrected chi connectivity index (χ0v) is 9.07. The van der Waals surface area contributed by atoms with Gasteiger partial charge in [-0.05, 0) is 18.8 Å². The van der Waals surface area contributed by atoms with Crippen molar-refractivity contribution >= 4 is 5.91 Å². The summed E-state index contributed by atoms with van der Waals surface area (Å²) < 4.78 is 0. The molecule has 2 atom stereocenters. The molecule has 0 aromatic carbocycles. The van der Waals surface area contributed by atoms with Crippen molar-refractivity contribution in [1.82, 2.24) is 4.90 Å². The minimum absolute atomic E-state index is 0.0511. The highest BCUT2D eigenvalue weighted by atomic mass is 16.2. The lowest BCUT2D eigenvalue weighted by Gasteiger charge is -2.33. The quantitative estimate of drug-likeness (QED) is 0.653. The van der Waals surface area contributed by atoms with Gasteiger partial charge >= 0.3 is 0 Å². The third-order valence-electron chi connectivity index (χ3n) is 2.77. The first-order valence-corrected chi connectivity index (χ1v) is 5.32. The summed E-state index contributed by atoms with van der Waals surface area (Å²) in [5, 5.41) is 0. The van der Waals surface area contributed by atoms with Crippen LogP contribution in [0.15, 0.2) is 0 Å². The second-order valence-corrected chi connectivity index (χ2v) is 4.46. The van der Waals surface area contributed by atoms with Crippen LogP contribution in [-0.4, -0.2) is 36.0 Å². The normalized spacial score (nSPS) is 25.2. The maximum atomic E-state index is 11.8. The highest BCUT2D eigenvalue weighted by Crippen LogP contribution is 2.11. The molecule has 0 spiro atoms. The van der Waals surface area contributed by atoms with Crippen molar-refractivity contribution in [2.45, 2.75) is 38.8 Å². The number of carbonyl (C=O) groups is 1. The largest absolute Gasteiger partial charge is 0.340 e. The van der Waals surface area contributed by atoms with Gasteiger partial charge in [0.2, 0.25) is 5.91 Å². The van der Waals surface area contributed by atoms with Gasteiger partial charge in [0.15, 0.2) is 0 Å². The molecule has 82 valence electrons. The van der Waals surface area contributed by atoms with Gasteiger partial charge < -0.3 is 16.4 Å². The Hall–Kier alpha value is -0.610. The summed E-state index contributed by atoms with van der Waals surface area (Å²) in [7, 11) is 0. The van der Waals surface area contributed by atoms with Gasteiger partial charge in [-0.1, -0.05) is 13.8 Å². The summed E-state index contributed by atoms with van der Waals surface area (Å²) in [6, 6.07) is -0.243. The Morgan fingerprint density at radius 2 is 2.14 bits per heavy atom. The van der Waals surface area contributed by atoms with E-state index in [-0.39, 0.29) is 23.9 Å². The van der Waals surface area contributed by atoms with Gasteiger partial charge in [0, 0.05) is 19.1 Å². The molecule has 14 heavy (non-hydrogen) atoms. The van der Waals surface area contributed by atoms with Gasteiger partial charge in [-0.3, -0.25) is 4.79 Å². The average molecular weight is 199 g/mol. The first-order chi connectivity index (χ1) is 6.52. The van der Waals surface area contributed by atoms with Crippen LogP contribution in [0.5, 0.6) is 0 Å². The molecule has 1 aliphatic rings. The maximum absolute atomic E-state index is 11.8. The number of amides is 1. The van der Waals surface area contributed by atoms with Crippen LogP contribution in [0.4, 0.5) is 0 Å². The summed E-state index contributed by atoms with van der Waals surface area (Å²) >= 11 is 0. The van der Waals surface area contributed by atoms with E-state index >= 15 is 0 Å². The molecule has 4 N–H and O–H groups in total. The van der Waals surface area contributed by atoms with Gasteiger partial charge in [0.1, 0.15) is 0 Å². The molecule has 0 aromatic rings. The van der Waals surface area contributed by atoms with Gasteiger partial charge in [0.05, 0.1) is 6.04 Å². The van der Waals surface area contributed by atoms with Crippen molar-refractivity contribution in [1.29, 1.82) is 0 Å². The molecule has 1 heterocycles. The number of carbonyl (C=O) groups excluding carboxylic acids is 1. The molecule has 1 amide bonds. The fraction of sp³-hybridized carbons (Fsp3) is 0.900. The zero-order valence-electron chi connectivity index (χ0n) is 9.07. The van der Waals surface area contributed by atoms with E-state index in [1.54, 1.807) is 4.90 Å². The fourth-order valence-electron chi connectivity index (χ4n) is 1.71. The molecule has 0 aliphatic carbocycles. The van der Waals surface area contributed by atoms with E-state index < -0.39 is 0 Å². The minimum atomic E-state index is -0.375. The molecule has 4 heteroatoms. The van der Waals surface area contributed by atoms with Crippen LogP contribution >= 0.6 is 0 Å². The number of piperidine rings is 1. The average Bonchev–Trinajstić information content (AvgIpc) is 2.15. The number of nitrogens with two attached hydrogens (primary N) is 2. The summed E-state index contributed by atoms with van der Waals surface area (Å²) in [6.07, 6.45) is 2.01. The lowest BCUT2D eigenvalue weighted by atomic mass is 10.0. The van der Waals surface area contributed by atoms with Crippen LogP contribution in [-0.2, 0) is 4.79 Å². The summed E-state index contributed by atoms with van der Waals surface area (Å²) in [5.41, 5.74) is 11.6. The monoisotopic (exact) mass is 199 g/mol. The second kappa shape index (κ2) is 4.75. The van der Waals surface area contributed by atoms with E-state index in [1.165, 1.54) is 0 Å². The molecule has 1 unspecified atom stereocenters. The van der Waals surface area contributed by atoms with Crippen molar-refractivity contribution in [3.63, 3.8) is 0 Å². The Kier molecular flexibility index (Phi) is 3.89. The van der Waals surface area contributed by atoms with Crippen molar-refractivity contribution in [2.24, 2.45) is 17.4 Å². The first-order valence-electron chi connectivity index (χ1n) is 5.32. The summed E-state index contributed by atoms with van der Waals surface area (Å²) in [4.78, 5) is 13.6. The van der Waals surface area contributed by atoms with Crippen molar-refractivity contribution in [3.8, 4) is 0 Å². The maximum Gasteiger partial charge on any atom is 0.239 e. The Labute approximate surface area is 85.6 Å². The van der Waals surface area contributed by atoms with E-state index in [2.05, 4.69) is 0 Å². The van der Waals surface area contributed by atoms with Crippen LogP contribution in [0.25, 0.3) is 0 Å². The Morgan fingerprint density at radius 1 is 1.50 bits per heavy atom. The van der Waals surface area contributed by atoms with E-state index in [9.17, 15) is 4.79 Å². The number of rotatable bonds is 2. The molecule has 1 fully saturated rings. The molecule has 0 saturated carbocycles. The smallest absolute Gasteiger partial charge is 0.239 e. The molecular weight excluding hydrogens is 178 g/mol. The molecule has 1 rings (SSSR count). The van der Waals surface area contributed by atoms with Gasteiger partial charge in [-0.15, -0.1) is 0 Å². The number of hydrogen-bond donors (Lipinski definition) is 2. The van der Waals surface area contributed by atoms with Gasteiger partial charge in [-0.2, -0.15) is 0 Å². The summed E-state index contributed by atoms with van der Waals surface area (Å²) in [6.45, 7) is 5.41. The van der Waals surface area contributed by atoms with Crippen molar-refractivity contribution in [3.05, 3.63) is 0 Å². The zero-order chi connectivity index (χ0) is 10.7. The van der Waals surface area contributed by atoms with Crippen LogP contribution in [0, 0.1) is 5.92 Å². The third-order valence-corrected chi connectivity index (χ3v) is 2.77. The van der Waals surface area contributed by atoms with Crippen LogP contribution < -0.4 is 11.5 Å². The second-order valence-electron chi connectivity index (χ2n) is 4.46.